The fourth-order valence-corrected chi connectivity index (χ4v) is 4.06. The average molecular weight is 525 g/mol. The van der Waals surface area contributed by atoms with Crippen molar-refractivity contribution < 1.29 is 54.3 Å². The van der Waals surface area contributed by atoms with Gasteiger partial charge in [0.25, 0.3) is 0 Å². The Labute approximate surface area is 215 Å². The fourth-order valence-electron chi connectivity index (χ4n) is 4.06. The Bertz CT molecular complexity index is 983. The minimum Gasteiger partial charge on any atom is -0.493 e. The summed E-state index contributed by atoms with van der Waals surface area (Å²) in [5, 5.41) is 58.6. The smallest absolute Gasteiger partial charge is 0.229 e. The summed E-state index contributed by atoms with van der Waals surface area (Å²) in [7, 11) is 2.97. The molecule has 0 amide bonds. The first-order valence-electron chi connectivity index (χ1n) is 12.0. The van der Waals surface area contributed by atoms with E-state index in [0.717, 1.165) is 11.1 Å². The standard InChI is InChI=1S/C26H36O11/c1-33-20-11-15(4-3-9-27)5-7-18(20)35-17(13-28)10-16-6-8-19(21(12-16)34-2)36-26-25(32)24(31)23(30)22(14-29)37-26/h5-8,11-12,17,22-32H,3-4,9-10,13-14H2,1-2H3. The van der Waals surface area contributed by atoms with Crippen LogP contribution in [0.1, 0.15) is 17.5 Å². The molecule has 0 radical (unpaired) electrons. The van der Waals surface area contributed by atoms with Crippen molar-refractivity contribution in [1.29, 1.82) is 0 Å². The second kappa shape index (κ2) is 13.8. The second-order valence-electron chi connectivity index (χ2n) is 8.74. The Morgan fingerprint density at radius 2 is 1.46 bits per heavy atom. The van der Waals surface area contributed by atoms with Crippen molar-refractivity contribution >= 4 is 0 Å². The van der Waals surface area contributed by atoms with Gasteiger partial charge in [0.1, 0.15) is 30.5 Å². The number of methoxy groups -OCH3 is 2. The van der Waals surface area contributed by atoms with Crippen molar-refractivity contribution in [3.63, 3.8) is 0 Å². The highest BCUT2D eigenvalue weighted by molar-refractivity contribution is 5.45. The molecule has 6 unspecified atom stereocenters. The van der Waals surface area contributed by atoms with E-state index in [9.17, 15) is 25.5 Å². The molecular weight excluding hydrogens is 488 g/mol. The van der Waals surface area contributed by atoms with Crippen LogP contribution in [0.15, 0.2) is 36.4 Å². The summed E-state index contributed by atoms with van der Waals surface area (Å²) >= 11 is 0. The molecule has 1 fully saturated rings. The van der Waals surface area contributed by atoms with Gasteiger partial charge in [-0.05, 0) is 48.2 Å². The number of aryl methyl sites for hydroxylation is 1. The topological polar surface area (TPSA) is 168 Å². The Morgan fingerprint density at radius 3 is 2.11 bits per heavy atom. The van der Waals surface area contributed by atoms with E-state index < -0.39 is 43.4 Å². The zero-order valence-corrected chi connectivity index (χ0v) is 20.9. The first-order chi connectivity index (χ1) is 17.8. The highest BCUT2D eigenvalue weighted by Crippen LogP contribution is 2.33. The first-order valence-corrected chi connectivity index (χ1v) is 12.0. The first kappa shape index (κ1) is 28.9. The number of aliphatic hydroxyl groups is 6. The van der Waals surface area contributed by atoms with Gasteiger partial charge in [-0.25, -0.2) is 0 Å². The Morgan fingerprint density at radius 1 is 0.811 bits per heavy atom. The summed E-state index contributed by atoms with van der Waals surface area (Å²) in [6, 6.07) is 10.5. The molecule has 3 rings (SSSR count). The predicted octanol–water partition coefficient (Wildman–Crippen LogP) is -0.210. The van der Waals surface area contributed by atoms with Gasteiger partial charge in [0.15, 0.2) is 23.0 Å². The summed E-state index contributed by atoms with van der Waals surface area (Å²) in [6.45, 7) is -0.733. The highest BCUT2D eigenvalue weighted by atomic mass is 16.7. The Hall–Kier alpha value is -2.64. The van der Waals surface area contributed by atoms with E-state index in [4.69, 9.17) is 28.8 Å². The van der Waals surface area contributed by atoms with Gasteiger partial charge in [0, 0.05) is 13.0 Å². The summed E-state index contributed by atoms with van der Waals surface area (Å²) in [4.78, 5) is 0. The van der Waals surface area contributed by atoms with Crippen LogP contribution in [-0.4, -0.2) is 101 Å². The van der Waals surface area contributed by atoms with E-state index in [-0.39, 0.29) is 19.0 Å². The average Bonchev–Trinajstić information content (AvgIpc) is 2.92. The summed E-state index contributed by atoms with van der Waals surface area (Å²) in [6.07, 6.45) is -6.00. The molecule has 0 saturated carbocycles. The lowest BCUT2D eigenvalue weighted by Gasteiger charge is -2.39. The van der Waals surface area contributed by atoms with Gasteiger partial charge < -0.3 is 54.3 Å². The van der Waals surface area contributed by atoms with E-state index in [1.807, 2.05) is 12.1 Å². The molecule has 2 aromatic rings. The lowest BCUT2D eigenvalue weighted by atomic mass is 9.99. The number of aliphatic hydroxyl groups excluding tert-OH is 6. The van der Waals surface area contributed by atoms with Crippen LogP contribution in [0.2, 0.25) is 0 Å². The Balaban J connectivity index is 1.71. The molecule has 37 heavy (non-hydrogen) atoms. The lowest BCUT2D eigenvalue weighted by molar-refractivity contribution is -0.277. The maximum Gasteiger partial charge on any atom is 0.229 e. The molecule has 2 aromatic carbocycles. The minimum absolute atomic E-state index is 0.100. The van der Waals surface area contributed by atoms with Crippen LogP contribution in [0.4, 0.5) is 0 Å². The molecule has 1 aliphatic rings. The third kappa shape index (κ3) is 7.23. The maximum atomic E-state index is 10.2. The van der Waals surface area contributed by atoms with Crippen molar-refractivity contribution in [2.45, 2.75) is 56.1 Å². The van der Waals surface area contributed by atoms with E-state index in [1.165, 1.54) is 14.2 Å². The van der Waals surface area contributed by atoms with Crippen molar-refractivity contribution in [3.05, 3.63) is 47.5 Å². The zero-order chi connectivity index (χ0) is 26.9. The molecule has 1 heterocycles. The minimum atomic E-state index is -1.57. The zero-order valence-electron chi connectivity index (χ0n) is 20.9. The molecular formula is C26H36O11. The SMILES string of the molecule is COc1cc(CCCO)ccc1OC(CO)Cc1ccc(OC2OC(CO)C(O)C(O)C2O)c(OC)c1. The van der Waals surface area contributed by atoms with Crippen molar-refractivity contribution in [3.8, 4) is 23.0 Å². The van der Waals surface area contributed by atoms with Gasteiger partial charge in [-0.2, -0.15) is 0 Å². The molecule has 11 nitrogen and oxygen atoms in total. The van der Waals surface area contributed by atoms with Crippen molar-refractivity contribution in [2.75, 3.05) is 34.0 Å². The molecule has 206 valence electrons. The molecule has 0 bridgehead atoms. The number of ether oxygens (including phenoxy) is 5. The molecule has 11 heteroatoms. The molecule has 0 aromatic heterocycles. The van der Waals surface area contributed by atoms with Crippen LogP contribution < -0.4 is 18.9 Å². The number of hydrogen-bond donors (Lipinski definition) is 6. The van der Waals surface area contributed by atoms with Crippen LogP contribution in [0.3, 0.4) is 0 Å². The third-order valence-corrected chi connectivity index (χ3v) is 6.13. The number of benzene rings is 2. The highest BCUT2D eigenvalue weighted by Gasteiger charge is 2.45. The summed E-state index contributed by atoms with van der Waals surface area (Å²) < 4.78 is 28.0. The van der Waals surface area contributed by atoms with Crippen LogP contribution >= 0.6 is 0 Å². The van der Waals surface area contributed by atoms with Gasteiger partial charge in [0.2, 0.25) is 6.29 Å². The van der Waals surface area contributed by atoms with E-state index in [2.05, 4.69) is 0 Å². The van der Waals surface area contributed by atoms with Gasteiger partial charge >= 0.3 is 0 Å². The molecule has 1 saturated heterocycles. The molecule has 1 aliphatic heterocycles. The largest absolute Gasteiger partial charge is 0.493 e. The van der Waals surface area contributed by atoms with Crippen LogP contribution in [0.25, 0.3) is 0 Å². The van der Waals surface area contributed by atoms with Gasteiger partial charge in [-0.1, -0.05) is 12.1 Å². The van der Waals surface area contributed by atoms with E-state index in [0.29, 0.717) is 36.5 Å². The lowest BCUT2D eigenvalue weighted by Crippen LogP contribution is -2.60. The number of hydrogen-bond acceptors (Lipinski definition) is 11. The summed E-state index contributed by atoms with van der Waals surface area (Å²) in [5.74, 6) is 1.51. The molecule has 0 aliphatic carbocycles. The quantitative estimate of drug-likeness (QED) is 0.205. The van der Waals surface area contributed by atoms with Gasteiger partial charge in [0.05, 0.1) is 27.4 Å². The van der Waals surface area contributed by atoms with Crippen molar-refractivity contribution in [1.82, 2.24) is 0 Å². The van der Waals surface area contributed by atoms with Gasteiger partial charge in [-0.15, -0.1) is 0 Å². The van der Waals surface area contributed by atoms with E-state index in [1.54, 1.807) is 24.3 Å². The molecule has 0 spiro atoms. The van der Waals surface area contributed by atoms with Gasteiger partial charge in [-0.3, -0.25) is 0 Å². The van der Waals surface area contributed by atoms with Crippen LogP contribution in [-0.2, 0) is 17.6 Å². The molecule has 6 atom stereocenters. The second-order valence-corrected chi connectivity index (χ2v) is 8.74. The van der Waals surface area contributed by atoms with Crippen LogP contribution in [0.5, 0.6) is 23.0 Å². The van der Waals surface area contributed by atoms with Crippen LogP contribution in [0, 0.1) is 0 Å². The van der Waals surface area contributed by atoms with Crippen molar-refractivity contribution in [2.24, 2.45) is 0 Å². The summed E-state index contributed by atoms with van der Waals surface area (Å²) in [5.41, 5.74) is 1.76. The maximum absolute atomic E-state index is 10.2. The monoisotopic (exact) mass is 524 g/mol. The predicted molar refractivity (Wildman–Crippen MR) is 131 cm³/mol. The number of rotatable bonds is 13. The third-order valence-electron chi connectivity index (χ3n) is 6.13. The fraction of sp³-hybridized carbons (Fsp3) is 0.538. The normalized spacial score (nSPS) is 24.4. The molecule has 6 N–H and O–H groups in total. The Kier molecular flexibility index (Phi) is 10.8. The van der Waals surface area contributed by atoms with E-state index >= 15 is 0 Å².